The zero-order chi connectivity index (χ0) is 26.3. The molecule has 0 spiro atoms. The third-order valence-electron chi connectivity index (χ3n) is 8.32. The van der Waals surface area contributed by atoms with Gasteiger partial charge in [0, 0.05) is 5.39 Å². The molecule has 0 aromatic heterocycles. The van der Waals surface area contributed by atoms with Crippen LogP contribution in [0.25, 0.3) is 16.0 Å². The van der Waals surface area contributed by atoms with Crippen LogP contribution in [0.5, 0.6) is 0 Å². The normalized spacial score (nSPS) is 17.8. The highest BCUT2D eigenvalue weighted by Crippen LogP contribution is 2.70. The molecule has 186 valence electrons. The predicted octanol–water partition coefficient (Wildman–Crippen LogP) is 7.40. The topological polar surface area (TPSA) is 0 Å². The summed E-state index contributed by atoms with van der Waals surface area (Å²) in [5, 5.41) is 10.1. The Labute approximate surface area is 232 Å². The van der Waals surface area contributed by atoms with E-state index in [1.54, 1.807) is 0 Å². The lowest BCUT2D eigenvalue weighted by Crippen LogP contribution is -2.53. The van der Waals surface area contributed by atoms with Gasteiger partial charge in [-0.05, 0) is 47.5 Å². The second-order valence-corrected chi connectivity index (χ2v) is 21.1. The zero-order valence-corrected chi connectivity index (χ0v) is 23.9. The Morgan fingerprint density at radius 1 is 0.538 bits per heavy atom. The smallest absolute Gasteiger partial charge is 0.150 e. The van der Waals surface area contributed by atoms with Crippen molar-refractivity contribution in [1.29, 1.82) is 0 Å². The molecule has 39 heavy (non-hydrogen) atoms. The van der Waals surface area contributed by atoms with Crippen LogP contribution in [0.3, 0.4) is 0 Å². The van der Waals surface area contributed by atoms with Crippen molar-refractivity contribution in [3.8, 4) is 0 Å². The molecule has 1 unspecified atom stereocenters. The van der Waals surface area contributed by atoms with Crippen LogP contribution < -0.4 is 21.1 Å². The first-order valence-corrected chi connectivity index (χ1v) is 18.7. The van der Waals surface area contributed by atoms with Crippen molar-refractivity contribution in [1.82, 2.24) is 0 Å². The first-order valence-electron chi connectivity index (χ1n) is 13.5. The van der Waals surface area contributed by atoms with Gasteiger partial charge in [0.2, 0.25) is 0 Å². The molecule has 1 heterocycles. The van der Waals surface area contributed by atoms with Gasteiger partial charge in [0.25, 0.3) is 7.74 Å². The van der Waals surface area contributed by atoms with Gasteiger partial charge in [-0.25, -0.2) is 0 Å². The molecule has 0 radical (unpaired) electrons. The maximum atomic E-state index is 4.06. The summed E-state index contributed by atoms with van der Waals surface area (Å²) < 4.78 is 0. The third kappa shape index (κ3) is 3.54. The van der Waals surface area contributed by atoms with Crippen molar-refractivity contribution < 1.29 is 0 Å². The Hall–Kier alpha value is -4.03. The van der Waals surface area contributed by atoms with Crippen LogP contribution in [0.4, 0.5) is 0 Å². The van der Waals surface area contributed by atoms with Crippen molar-refractivity contribution in [2.75, 3.05) is 0 Å². The van der Waals surface area contributed by atoms with E-state index in [0.29, 0.717) is 0 Å². The molecule has 1 aliphatic rings. The lowest BCUT2D eigenvalue weighted by atomic mass is 10.1. The summed E-state index contributed by atoms with van der Waals surface area (Å²) in [5.74, 6) is 0. The van der Waals surface area contributed by atoms with Crippen molar-refractivity contribution in [2.24, 2.45) is 0 Å². The van der Waals surface area contributed by atoms with E-state index in [0.717, 1.165) is 5.56 Å². The summed E-state index contributed by atoms with van der Waals surface area (Å²) in [5.41, 5.74) is 2.41. The molecule has 6 aromatic carbocycles. The van der Waals surface area contributed by atoms with E-state index in [4.69, 9.17) is 0 Å². The fourth-order valence-electron chi connectivity index (χ4n) is 6.72. The van der Waals surface area contributed by atoms with Gasteiger partial charge in [0.1, 0.15) is 0 Å². The molecule has 7 rings (SSSR count). The Balaban J connectivity index is 1.70. The van der Waals surface area contributed by atoms with Crippen molar-refractivity contribution in [2.45, 2.75) is 6.55 Å². The average molecular weight is 533 g/mol. The highest BCUT2D eigenvalue weighted by Gasteiger charge is 2.68. The molecular formula is C37H29PSi. The van der Waals surface area contributed by atoms with Crippen molar-refractivity contribution in [3.05, 3.63) is 175 Å². The first kappa shape index (κ1) is 24.0. The predicted molar refractivity (Wildman–Crippen MR) is 173 cm³/mol. The molecule has 1 aliphatic heterocycles. The molecule has 0 amide bonds. The molecule has 0 nitrogen and oxygen atoms in total. The molecule has 2 heteroatoms. The number of hydrogen-bond donors (Lipinski definition) is 0. The molecule has 1 atom stereocenters. The van der Waals surface area contributed by atoms with E-state index in [9.17, 15) is 0 Å². The van der Waals surface area contributed by atoms with E-state index < -0.39 is 14.6 Å². The summed E-state index contributed by atoms with van der Waals surface area (Å²) in [4.78, 5) is 0. The Morgan fingerprint density at radius 3 is 1.64 bits per heavy atom. The summed E-state index contributed by atoms with van der Waals surface area (Å²) in [6.07, 6.45) is 4.06. The van der Waals surface area contributed by atoms with Gasteiger partial charge in [-0.2, -0.15) is 0 Å². The maximum Gasteiger partial charge on any atom is 0.289 e. The van der Waals surface area contributed by atoms with Gasteiger partial charge < -0.3 is 0 Å². The van der Waals surface area contributed by atoms with Crippen LogP contribution >= 0.6 is 6.81 Å². The summed E-state index contributed by atoms with van der Waals surface area (Å²) in [6, 6.07) is 58.5. The van der Waals surface area contributed by atoms with Gasteiger partial charge in [0.05, 0.1) is 22.7 Å². The minimum absolute atomic E-state index is 1.13. The minimum Gasteiger partial charge on any atom is -0.150 e. The maximum absolute atomic E-state index is 4.06. The minimum atomic E-state index is -2.59. The summed E-state index contributed by atoms with van der Waals surface area (Å²) in [6.45, 7) is 0.482. The van der Waals surface area contributed by atoms with Gasteiger partial charge in [-0.3, -0.25) is 0 Å². The standard InChI is InChI=1S/C37H29PSi/c1-39(36(30-18-8-3-9-19-30)28-29-16-6-2-7-17-29)35-27-15-21-31-20-14-26-34(37(31)35)38(39,32-22-10-4-11-23-32)33-24-12-5-13-25-33/h2-27H,1H3. The Kier molecular flexibility index (Phi) is 5.93. The summed E-state index contributed by atoms with van der Waals surface area (Å²) in [7, 11) is -2.59. The van der Waals surface area contributed by atoms with E-state index in [1.807, 2.05) is 0 Å². The fraction of sp³-hybridized carbons (Fsp3) is 0.0270. The molecular weight excluding hydrogens is 503 g/mol. The monoisotopic (exact) mass is 532 g/mol. The quantitative estimate of drug-likeness (QED) is 0.0939. The number of rotatable bonds is 5. The Morgan fingerprint density at radius 2 is 1.05 bits per heavy atom. The molecule has 0 bridgehead atoms. The average Bonchev–Trinajstić information content (AvgIpc) is 3.25. The van der Waals surface area contributed by atoms with E-state index >= 15 is 0 Å². The third-order valence-corrected chi connectivity index (χ3v) is 23.4. The second kappa shape index (κ2) is 9.61. The van der Waals surface area contributed by atoms with Gasteiger partial charge in [-0.1, -0.05) is 114 Å². The molecule has 0 saturated carbocycles. The van der Waals surface area contributed by atoms with Crippen LogP contribution in [-0.4, -0.2) is 7.74 Å². The SMILES string of the molecule is C[Si]1(C(=[C-]c2ccccc2)c2ccccc2)c2cccc3cccc(c23)[P+]1(c1ccccc1)c1ccccc1. The molecule has 0 aliphatic carbocycles. The molecule has 0 fully saturated rings. The number of benzene rings is 6. The fourth-order valence-corrected chi connectivity index (χ4v) is 23.8. The van der Waals surface area contributed by atoms with E-state index in [-0.39, 0.29) is 0 Å². The highest BCUT2D eigenvalue weighted by molar-refractivity contribution is 8.26. The molecule has 6 aromatic rings. The lowest BCUT2D eigenvalue weighted by Gasteiger charge is -2.40. The Bertz CT molecular complexity index is 1750. The van der Waals surface area contributed by atoms with Gasteiger partial charge >= 0.3 is 0 Å². The summed E-state index contributed by atoms with van der Waals surface area (Å²) >= 11 is 0. The van der Waals surface area contributed by atoms with E-state index in [1.165, 1.54) is 42.6 Å². The van der Waals surface area contributed by atoms with Crippen LogP contribution in [0, 0.1) is 6.08 Å². The molecule has 0 N–H and O–H groups in total. The van der Waals surface area contributed by atoms with Gasteiger partial charge in [0.15, 0.2) is 0 Å². The van der Waals surface area contributed by atoms with Crippen LogP contribution in [0.2, 0.25) is 6.55 Å². The highest BCUT2D eigenvalue weighted by atomic mass is 31.4. The van der Waals surface area contributed by atoms with Crippen LogP contribution in [-0.2, 0) is 0 Å². The number of hydrogen-bond acceptors (Lipinski definition) is 0. The van der Waals surface area contributed by atoms with Crippen molar-refractivity contribution >= 4 is 51.6 Å². The van der Waals surface area contributed by atoms with Crippen LogP contribution in [0.1, 0.15) is 11.1 Å². The molecule has 0 saturated heterocycles. The zero-order valence-electron chi connectivity index (χ0n) is 22.0. The second-order valence-electron chi connectivity index (χ2n) is 10.3. The van der Waals surface area contributed by atoms with Crippen LogP contribution in [0.15, 0.2) is 158 Å². The van der Waals surface area contributed by atoms with E-state index in [2.05, 4.69) is 170 Å². The first-order chi connectivity index (χ1) is 19.2. The largest absolute Gasteiger partial charge is 0.289 e. The van der Waals surface area contributed by atoms with Crippen molar-refractivity contribution in [3.63, 3.8) is 0 Å². The lowest BCUT2D eigenvalue weighted by molar-refractivity contribution is 1.56. The van der Waals surface area contributed by atoms with Gasteiger partial charge in [-0.15, -0.1) is 35.9 Å².